The van der Waals surface area contributed by atoms with Gasteiger partial charge in [-0.3, -0.25) is 0 Å². The molecule has 1 unspecified atom stereocenters. The average molecular weight is 226 g/mol. The van der Waals surface area contributed by atoms with Crippen LogP contribution in [-0.2, 0) is 6.42 Å². The smallest absolute Gasteiger partial charge is 0.0323 e. The molecule has 1 aliphatic carbocycles. The standard InChI is InChI=1S/C10H12BrN/c1-12-10-5-2-7-6-8(11)3-4-9(7)10/h3-4,6,10,12H,2,5H2,1H3. The van der Waals surface area contributed by atoms with Gasteiger partial charge in [-0.25, -0.2) is 0 Å². The van der Waals surface area contributed by atoms with E-state index in [9.17, 15) is 0 Å². The topological polar surface area (TPSA) is 12.0 Å². The lowest BCUT2D eigenvalue weighted by molar-refractivity contribution is 0.590. The van der Waals surface area contributed by atoms with Crippen LogP contribution in [0, 0.1) is 0 Å². The number of benzene rings is 1. The zero-order valence-electron chi connectivity index (χ0n) is 7.10. The van der Waals surface area contributed by atoms with Crippen LogP contribution in [-0.4, -0.2) is 7.05 Å². The van der Waals surface area contributed by atoms with Crippen molar-refractivity contribution in [2.45, 2.75) is 18.9 Å². The second kappa shape index (κ2) is 3.19. The lowest BCUT2D eigenvalue weighted by Gasteiger charge is -2.09. The van der Waals surface area contributed by atoms with E-state index in [0.29, 0.717) is 6.04 Å². The minimum Gasteiger partial charge on any atom is -0.313 e. The summed E-state index contributed by atoms with van der Waals surface area (Å²) in [6, 6.07) is 7.14. The van der Waals surface area contributed by atoms with Crippen molar-refractivity contribution in [3.8, 4) is 0 Å². The first-order chi connectivity index (χ1) is 5.81. The van der Waals surface area contributed by atoms with Crippen LogP contribution < -0.4 is 5.32 Å². The van der Waals surface area contributed by atoms with Crippen LogP contribution in [0.3, 0.4) is 0 Å². The normalized spacial score (nSPS) is 21.0. The Hall–Kier alpha value is -0.340. The third-order valence-electron chi connectivity index (χ3n) is 2.53. The molecule has 12 heavy (non-hydrogen) atoms. The van der Waals surface area contributed by atoms with Gasteiger partial charge in [0.2, 0.25) is 0 Å². The van der Waals surface area contributed by atoms with E-state index >= 15 is 0 Å². The van der Waals surface area contributed by atoms with Gasteiger partial charge in [0.15, 0.2) is 0 Å². The van der Waals surface area contributed by atoms with Gasteiger partial charge in [0.25, 0.3) is 0 Å². The molecule has 1 N–H and O–H groups in total. The number of hydrogen-bond acceptors (Lipinski definition) is 1. The maximum Gasteiger partial charge on any atom is 0.0323 e. The van der Waals surface area contributed by atoms with Gasteiger partial charge in [-0.1, -0.05) is 22.0 Å². The number of aryl methyl sites for hydroxylation is 1. The van der Waals surface area contributed by atoms with Gasteiger partial charge in [0.05, 0.1) is 0 Å². The number of fused-ring (bicyclic) bond motifs is 1. The van der Waals surface area contributed by atoms with Crippen LogP contribution in [0.2, 0.25) is 0 Å². The van der Waals surface area contributed by atoms with Crippen molar-refractivity contribution < 1.29 is 0 Å². The summed E-state index contributed by atoms with van der Waals surface area (Å²) in [7, 11) is 2.03. The Morgan fingerprint density at radius 1 is 1.50 bits per heavy atom. The number of halogens is 1. The van der Waals surface area contributed by atoms with Gasteiger partial charge in [0.1, 0.15) is 0 Å². The molecule has 0 radical (unpaired) electrons. The van der Waals surface area contributed by atoms with E-state index in [0.717, 1.165) is 0 Å². The Morgan fingerprint density at radius 2 is 2.33 bits per heavy atom. The summed E-state index contributed by atoms with van der Waals surface area (Å²) in [6.45, 7) is 0. The molecule has 1 aliphatic rings. The Morgan fingerprint density at radius 3 is 3.08 bits per heavy atom. The second-order valence-electron chi connectivity index (χ2n) is 3.22. The fourth-order valence-electron chi connectivity index (χ4n) is 1.89. The monoisotopic (exact) mass is 225 g/mol. The van der Waals surface area contributed by atoms with Crippen molar-refractivity contribution in [1.82, 2.24) is 5.32 Å². The van der Waals surface area contributed by atoms with Crippen molar-refractivity contribution in [3.05, 3.63) is 33.8 Å². The van der Waals surface area contributed by atoms with Crippen molar-refractivity contribution >= 4 is 15.9 Å². The number of hydrogen-bond donors (Lipinski definition) is 1. The van der Waals surface area contributed by atoms with Crippen LogP contribution >= 0.6 is 15.9 Å². The largest absolute Gasteiger partial charge is 0.313 e. The molecule has 0 saturated heterocycles. The summed E-state index contributed by atoms with van der Waals surface area (Å²) in [5.41, 5.74) is 2.96. The van der Waals surface area contributed by atoms with Crippen LogP contribution in [0.4, 0.5) is 0 Å². The predicted molar refractivity (Wildman–Crippen MR) is 54.3 cm³/mol. The SMILES string of the molecule is CNC1CCc2cc(Br)ccc21. The van der Waals surface area contributed by atoms with Gasteiger partial charge in [-0.2, -0.15) is 0 Å². The quantitative estimate of drug-likeness (QED) is 0.776. The summed E-state index contributed by atoms with van der Waals surface area (Å²) in [6.07, 6.45) is 2.45. The third kappa shape index (κ3) is 1.29. The van der Waals surface area contributed by atoms with Gasteiger partial charge < -0.3 is 5.32 Å². The van der Waals surface area contributed by atoms with Crippen molar-refractivity contribution in [3.63, 3.8) is 0 Å². The molecule has 0 saturated carbocycles. The van der Waals surface area contributed by atoms with E-state index in [1.54, 1.807) is 0 Å². The molecular formula is C10H12BrN. The fraction of sp³-hybridized carbons (Fsp3) is 0.400. The molecule has 1 atom stereocenters. The summed E-state index contributed by atoms with van der Waals surface area (Å²) >= 11 is 3.49. The van der Waals surface area contributed by atoms with E-state index in [1.165, 1.54) is 28.4 Å². The molecule has 0 amide bonds. The van der Waals surface area contributed by atoms with E-state index in [4.69, 9.17) is 0 Å². The molecule has 0 fully saturated rings. The zero-order valence-corrected chi connectivity index (χ0v) is 8.69. The maximum atomic E-state index is 3.49. The lowest BCUT2D eigenvalue weighted by Crippen LogP contribution is -2.12. The molecule has 1 aromatic carbocycles. The molecule has 1 nitrogen and oxygen atoms in total. The summed E-state index contributed by atoms with van der Waals surface area (Å²) in [4.78, 5) is 0. The molecule has 0 bridgehead atoms. The van der Waals surface area contributed by atoms with Crippen LogP contribution in [0.1, 0.15) is 23.6 Å². The van der Waals surface area contributed by atoms with E-state index in [2.05, 4.69) is 39.4 Å². The maximum absolute atomic E-state index is 3.49. The average Bonchev–Trinajstić information content (AvgIpc) is 2.46. The van der Waals surface area contributed by atoms with Crippen LogP contribution in [0.25, 0.3) is 0 Å². The van der Waals surface area contributed by atoms with Crippen molar-refractivity contribution in [2.75, 3.05) is 7.05 Å². The molecule has 0 aliphatic heterocycles. The zero-order chi connectivity index (χ0) is 8.55. The summed E-state index contributed by atoms with van der Waals surface area (Å²) < 4.78 is 1.19. The fourth-order valence-corrected chi connectivity index (χ4v) is 2.29. The highest BCUT2D eigenvalue weighted by Crippen LogP contribution is 2.32. The minimum atomic E-state index is 0.577. The van der Waals surface area contributed by atoms with Gasteiger partial charge in [-0.15, -0.1) is 0 Å². The summed E-state index contributed by atoms with van der Waals surface area (Å²) in [5, 5.41) is 3.32. The Balaban J connectivity index is 2.40. The second-order valence-corrected chi connectivity index (χ2v) is 4.14. The molecule has 64 valence electrons. The van der Waals surface area contributed by atoms with Gasteiger partial charge >= 0.3 is 0 Å². The molecule has 0 aromatic heterocycles. The van der Waals surface area contributed by atoms with Gasteiger partial charge in [-0.05, 0) is 43.1 Å². The third-order valence-corrected chi connectivity index (χ3v) is 3.02. The van der Waals surface area contributed by atoms with E-state index in [1.807, 2.05) is 7.05 Å². The number of rotatable bonds is 1. The summed E-state index contributed by atoms with van der Waals surface area (Å²) in [5.74, 6) is 0. The first-order valence-corrected chi connectivity index (χ1v) is 5.06. The van der Waals surface area contributed by atoms with Gasteiger partial charge in [0, 0.05) is 10.5 Å². The number of nitrogens with one attached hydrogen (secondary N) is 1. The van der Waals surface area contributed by atoms with Crippen molar-refractivity contribution in [1.29, 1.82) is 0 Å². The molecule has 1 aromatic rings. The Labute approximate surface area is 81.3 Å². The molecule has 0 spiro atoms. The Kier molecular flexibility index (Phi) is 2.20. The van der Waals surface area contributed by atoms with Crippen molar-refractivity contribution in [2.24, 2.45) is 0 Å². The first-order valence-electron chi connectivity index (χ1n) is 4.27. The predicted octanol–water partition coefficient (Wildman–Crippen LogP) is 2.66. The van der Waals surface area contributed by atoms with E-state index < -0.39 is 0 Å². The highest BCUT2D eigenvalue weighted by molar-refractivity contribution is 9.10. The minimum absolute atomic E-state index is 0.577. The lowest BCUT2D eigenvalue weighted by atomic mass is 10.1. The first kappa shape index (κ1) is 8.27. The Bertz CT molecular complexity index is 296. The molecule has 2 rings (SSSR count). The van der Waals surface area contributed by atoms with E-state index in [-0.39, 0.29) is 0 Å². The van der Waals surface area contributed by atoms with Crippen LogP contribution in [0.5, 0.6) is 0 Å². The highest BCUT2D eigenvalue weighted by Gasteiger charge is 2.20. The van der Waals surface area contributed by atoms with Crippen LogP contribution in [0.15, 0.2) is 22.7 Å². The molecule has 0 heterocycles. The molecular weight excluding hydrogens is 214 g/mol. The molecule has 2 heteroatoms. The highest BCUT2D eigenvalue weighted by atomic mass is 79.9.